The number of carbonyl (C=O) groups is 3. The molecular weight excluding hydrogens is 328 g/mol. The zero-order valence-corrected chi connectivity index (χ0v) is 14.1. The number of hydrogen-bond donors (Lipinski definition) is 3. The molecule has 1 heterocycles. The topological polar surface area (TPSA) is 95.5 Å². The molecule has 1 saturated carbocycles. The van der Waals surface area contributed by atoms with E-state index in [1.807, 2.05) is 0 Å². The van der Waals surface area contributed by atoms with Crippen molar-refractivity contribution in [3.05, 3.63) is 23.8 Å². The second-order valence-electron chi connectivity index (χ2n) is 6.30. The van der Waals surface area contributed by atoms with Gasteiger partial charge in [0.25, 0.3) is 5.91 Å². The highest BCUT2D eigenvalue weighted by Gasteiger charge is 2.40. The van der Waals surface area contributed by atoms with E-state index in [4.69, 9.17) is 0 Å². The molecule has 0 radical (unpaired) electrons. The Labute approximate surface area is 144 Å². The van der Waals surface area contributed by atoms with E-state index in [1.165, 1.54) is 11.8 Å². The van der Waals surface area contributed by atoms with Crippen LogP contribution in [0.15, 0.2) is 23.1 Å². The largest absolute Gasteiger partial charge is 0.480 e. The number of anilines is 1. The number of carboxylic acid groups (broad SMARTS) is 1. The van der Waals surface area contributed by atoms with E-state index in [-0.39, 0.29) is 5.91 Å². The fraction of sp³-hybridized carbons (Fsp3) is 0.471. The van der Waals surface area contributed by atoms with Crippen LogP contribution in [0, 0.1) is 0 Å². The molecule has 1 aliphatic heterocycles. The second-order valence-corrected chi connectivity index (χ2v) is 7.32. The van der Waals surface area contributed by atoms with Gasteiger partial charge in [0.1, 0.15) is 5.54 Å². The average Bonchev–Trinajstić information content (AvgIpc) is 2.80. The molecule has 6 nitrogen and oxygen atoms in total. The monoisotopic (exact) mass is 348 g/mol. The highest BCUT2D eigenvalue weighted by Crippen LogP contribution is 2.33. The lowest BCUT2D eigenvalue weighted by molar-refractivity contribution is -0.145. The van der Waals surface area contributed by atoms with Gasteiger partial charge in [0.2, 0.25) is 5.91 Å². The predicted molar refractivity (Wildman–Crippen MR) is 91.3 cm³/mol. The third-order valence-corrected chi connectivity index (χ3v) is 5.67. The molecule has 0 spiro atoms. The summed E-state index contributed by atoms with van der Waals surface area (Å²) in [6.45, 7) is 0. The van der Waals surface area contributed by atoms with Crippen LogP contribution >= 0.6 is 11.8 Å². The van der Waals surface area contributed by atoms with Crippen molar-refractivity contribution in [1.82, 2.24) is 5.32 Å². The summed E-state index contributed by atoms with van der Waals surface area (Å²) < 4.78 is 0. The van der Waals surface area contributed by atoms with Crippen LogP contribution in [-0.2, 0) is 9.59 Å². The van der Waals surface area contributed by atoms with Gasteiger partial charge in [-0.15, -0.1) is 11.8 Å². The third kappa shape index (κ3) is 3.40. The normalized spacial score (nSPS) is 19.6. The van der Waals surface area contributed by atoms with Gasteiger partial charge in [-0.2, -0.15) is 0 Å². The van der Waals surface area contributed by atoms with Gasteiger partial charge in [0.05, 0.1) is 11.4 Å². The van der Waals surface area contributed by atoms with Crippen molar-refractivity contribution in [1.29, 1.82) is 0 Å². The van der Waals surface area contributed by atoms with Crippen LogP contribution in [0.5, 0.6) is 0 Å². The number of rotatable bonds is 3. The molecule has 0 bridgehead atoms. The fourth-order valence-corrected chi connectivity index (χ4v) is 4.03. The molecule has 3 rings (SSSR count). The summed E-state index contributed by atoms with van der Waals surface area (Å²) in [6, 6.07) is 5.07. The van der Waals surface area contributed by atoms with Gasteiger partial charge in [-0.25, -0.2) is 4.79 Å². The summed E-state index contributed by atoms with van der Waals surface area (Å²) in [6.07, 6.45) is 4.48. The lowest BCUT2D eigenvalue weighted by Gasteiger charge is -2.29. The third-order valence-electron chi connectivity index (χ3n) is 4.59. The summed E-state index contributed by atoms with van der Waals surface area (Å²) in [7, 11) is 0. The fourth-order valence-electron chi connectivity index (χ4n) is 3.24. The summed E-state index contributed by atoms with van der Waals surface area (Å²) >= 11 is 1.42. The van der Waals surface area contributed by atoms with Gasteiger partial charge in [-0.05, 0) is 31.0 Å². The highest BCUT2D eigenvalue weighted by atomic mass is 32.2. The first kappa shape index (κ1) is 16.8. The van der Waals surface area contributed by atoms with Crippen molar-refractivity contribution in [2.45, 2.75) is 49.0 Å². The maximum Gasteiger partial charge on any atom is 0.329 e. The van der Waals surface area contributed by atoms with E-state index in [2.05, 4.69) is 10.6 Å². The molecule has 0 saturated heterocycles. The van der Waals surface area contributed by atoms with Crippen LogP contribution in [-0.4, -0.2) is 34.2 Å². The van der Waals surface area contributed by atoms with Gasteiger partial charge in [0, 0.05) is 10.5 Å². The Balaban J connectivity index is 1.82. The van der Waals surface area contributed by atoms with Crippen LogP contribution in [0.4, 0.5) is 5.69 Å². The first-order valence-corrected chi connectivity index (χ1v) is 9.11. The summed E-state index contributed by atoms with van der Waals surface area (Å²) in [4.78, 5) is 36.8. The van der Waals surface area contributed by atoms with Crippen LogP contribution in [0.2, 0.25) is 0 Å². The zero-order chi connectivity index (χ0) is 17.2. The lowest BCUT2D eigenvalue weighted by atomic mass is 9.90. The first-order valence-electron chi connectivity index (χ1n) is 8.13. The lowest BCUT2D eigenvalue weighted by Crippen LogP contribution is -2.54. The molecule has 0 aromatic heterocycles. The number of nitrogens with one attached hydrogen (secondary N) is 2. The molecule has 128 valence electrons. The Kier molecular flexibility index (Phi) is 4.80. The molecular formula is C17H20N2O4S. The molecule has 0 unspecified atom stereocenters. The summed E-state index contributed by atoms with van der Waals surface area (Å²) in [5.74, 6) is -1.12. The minimum Gasteiger partial charge on any atom is -0.480 e. The van der Waals surface area contributed by atoms with Crippen molar-refractivity contribution >= 4 is 35.2 Å². The number of amides is 2. The molecule has 7 heteroatoms. The predicted octanol–water partition coefficient (Wildman–Crippen LogP) is 2.64. The van der Waals surface area contributed by atoms with Crippen molar-refractivity contribution in [3.8, 4) is 0 Å². The van der Waals surface area contributed by atoms with Gasteiger partial charge in [0.15, 0.2) is 0 Å². The Bertz CT molecular complexity index is 681. The molecule has 24 heavy (non-hydrogen) atoms. The SMILES string of the molecule is O=C1CSc2ccc(C(=O)NC3(C(=O)O)CCCCCC3)cc2N1. The Hall–Kier alpha value is -2.02. The van der Waals surface area contributed by atoms with Gasteiger partial charge in [-0.1, -0.05) is 25.7 Å². The molecule has 2 aliphatic rings. The molecule has 0 atom stereocenters. The molecule has 2 amide bonds. The number of fused-ring (bicyclic) bond motifs is 1. The minimum atomic E-state index is -1.19. The smallest absolute Gasteiger partial charge is 0.329 e. The van der Waals surface area contributed by atoms with Crippen molar-refractivity contribution in [2.24, 2.45) is 0 Å². The summed E-state index contributed by atoms with van der Waals surface area (Å²) in [5, 5.41) is 15.2. The van der Waals surface area contributed by atoms with Crippen molar-refractivity contribution in [3.63, 3.8) is 0 Å². The number of benzene rings is 1. The standard InChI is InChI=1S/C17H20N2O4S/c20-14-10-24-13-6-5-11(9-12(13)18-14)15(21)19-17(16(22)23)7-3-1-2-4-8-17/h5-6,9H,1-4,7-8,10H2,(H,18,20)(H,19,21)(H,22,23). The van der Waals surface area contributed by atoms with Gasteiger partial charge < -0.3 is 15.7 Å². The maximum atomic E-state index is 12.6. The quantitative estimate of drug-likeness (QED) is 0.730. The Morgan fingerprint density at radius 2 is 1.88 bits per heavy atom. The van der Waals surface area contributed by atoms with Crippen LogP contribution in [0.1, 0.15) is 48.9 Å². The van der Waals surface area contributed by atoms with E-state index >= 15 is 0 Å². The minimum absolute atomic E-state index is 0.101. The number of hydrogen-bond acceptors (Lipinski definition) is 4. The van der Waals surface area contributed by atoms with Gasteiger partial charge in [-0.3, -0.25) is 9.59 Å². The molecule has 1 fully saturated rings. The Morgan fingerprint density at radius 1 is 1.17 bits per heavy atom. The van der Waals surface area contributed by atoms with Crippen LogP contribution in [0.25, 0.3) is 0 Å². The number of carboxylic acids is 1. The van der Waals surface area contributed by atoms with E-state index in [9.17, 15) is 19.5 Å². The molecule has 1 aromatic carbocycles. The second kappa shape index (κ2) is 6.84. The van der Waals surface area contributed by atoms with E-state index in [0.29, 0.717) is 29.8 Å². The van der Waals surface area contributed by atoms with Crippen molar-refractivity contribution < 1.29 is 19.5 Å². The summed E-state index contributed by atoms with van der Waals surface area (Å²) in [5.41, 5.74) is -0.225. The molecule has 3 N–H and O–H groups in total. The van der Waals surface area contributed by atoms with E-state index in [0.717, 1.165) is 30.6 Å². The number of aliphatic carboxylic acids is 1. The average molecular weight is 348 g/mol. The van der Waals surface area contributed by atoms with Crippen LogP contribution < -0.4 is 10.6 Å². The zero-order valence-electron chi connectivity index (χ0n) is 13.3. The maximum absolute atomic E-state index is 12.6. The van der Waals surface area contributed by atoms with Crippen LogP contribution in [0.3, 0.4) is 0 Å². The van der Waals surface area contributed by atoms with Crippen molar-refractivity contribution in [2.75, 3.05) is 11.1 Å². The molecule has 1 aliphatic carbocycles. The number of thioether (sulfide) groups is 1. The first-order chi connectivity index (χ1) is 11.5. The molecule has 1 aromatic rings. The highest BCUT2D eigenvalue weighted by molar-refractivity contribution is 8.00. The number of carbonyl (C=O) groups excluding carboxylic acids is 2. The van der Waals surface area contributed by atoms with E-state index in [1.54, 1.807) is 18.2 Å². The van der Waals surface area contributed by atoms with Gasteiger partial charge >= 0.3 is 5.97 Å². The Morgan fingerprint density at radius 3 is 2.54 bits per heavy atom. The van der Waals surface area contributed by atoms with E-state index < -0.39 is 17.4 Å².